The van der Waals surface area contributed by atoms with Crippen LogP contribution in [0.5, 0.6) is 5.75 Å². The Bertz CT molecular complexity index is 1450. The van der Waals surface area contributed by atoms with Crippen LogP contribution in [0.2, 0.25) is 0 Å². The van der Waals surface area contributed by atoms with Crippen LogP contribution in [0.3, 0.4) is 0 Å². The van der Waals surface area contributed by atoms with E-state index in [-0.39, 0.29) is 5.69 Å². The number of aromatic carboxylic acids is 1. The predicted molar refractivity (Wildman–Crippen MR) is 124 cm³/mol. The third-order valence-corrected chi connectivity index (χ3v) is 5.56. The van der Waals surface area contributed by atoms with Crippen molar-refractivity contribution in [1.82, 2.24) is 14.5 Å². The molecule has 6 heteroatoms. The molecule has 2 aromatic carbocycles. The van der Waals surface area contributed by atoms with Crippen LogP contribution in [0, 0.1) is 6.92 Å². The van der Waals surface area contributed by atoms with Crippen molar-refractivity contribution in [3.63, 3.8) is 0 Å². The zero-order chi connectivity index (χ0) is 22.1. The van der Waals surface area contributed by atoms with Crippen molar-refractivity contribution in [2.75, 3.05) is 6.61 Å². The second-order valence-corrected chi connectivity index (χ2v) is 7.65. The number of aryl methyl sites for hydroxylation is 1. The minimum atomic E-state index is -0.981. The lowest BCUT2D eigenvalue weighted by Gasteiger charge is -2.12. The molecule has 5 rings (SSSR count). The summed E-state index contributed by atoms with van der Waals surface area (Å²) >= 11 is 0. The highest BCUT2D eigenvalue weighted by Crippen LogP contribution is 2.30. The first-order valence-electron chi connectivity index (χ1n) is 10.4. The first kappa shape index (κ1) is 19.8. The average molecular weight is 423 g/mol. The third kappa shape index (κ3) is 3.56. The summed E-state index contributed by atoms with van der Waals surface area (Å²) in [4.78, 5) is 20.7. The molecular formula is C26H21N3O3. The molecule has 0 fully saturated rings. The first-order chi connectivity index (χ1) is 15.6. The molecule has 0 bridgehead atoms. The van der Waals surface area contributed by atoms with E-state index in [1.165, 1.54) is 0 Å². The van der Waals surface area contributed by atoms with Gasteiger partial charge in [-0.15, -0.1) is 0 Å². The van der Waals surface area contributed by atoms with E-state index in [1.807, 2.05) is 55.5 Å². The zero-order valence-corrected chi connectivity index (χ0v) is 17.5. The third-order valence-electron chi connectivity index (χ3n) is 5.56. The van der Waals surface area contributed by atoms with E-state index in [9.17, 15) is 9.90 Å². The number of fused-ring (bicyclic) bond motifs is 2. The lowest BCUT2D eigenvalue weighted by atomic mass is 10.1. The van der Waals surface area contributed by atoms with E-state index in [2.05, 4.69) is 16.0 Å². The van der Waals surface area contributed by atoms with Crippen LogP contribution in [0.4, 0.5) is 0 Å². The van der Waals surface area contributed by atoms with E-state index in [0.717, 1.165) is 44.2 Å². The second-order valence-electron chi connectivity index (χ2n) is 7.65. The van der Waals surface area contributed by atoms with Gasteiger partial charge < -0.3 is 14.4 Å². The number of nitrogens with zero attached hydrogens (tertiary/aromatic N) is 3. The van der Waals surface area contributed by atoms with E-state index < -0.39 is 5.97 Å². The highest BCUT2D eigenvalue weighted by molar-refractivity contribution is 6.00. The number of pyridine rings is 2. The molecule has 6 nitrogen and oxygen atoms in total. The summed E-state index contributed by atoms with van der Waals surface area (Å²) < 4.78 is 7.82. The maximum atomic E-state index is 12.0. The van der Waals surface area contributed by atoms with Crippen LogP contribution in [-0.2, 0) is 6.54 Å². The summed E-state index contributed by atoms with van der Waals surface area (Å²) in [5.41, 5.74) is 3.89. The zero-order valence-electron chi connectivity index (χ0n) is 17.5. The highest BCUT2D eigenvalue weighted by Gasteiger charge is 2.18. The molecule has 5 aromatic rings. The molecule has 0 saturated carbocycles. The molecular weight excluding hydrogens is 402 g/mol. The average Bonchev–Trinajstić information content (AvgIpc) is 3.18. The number of benzene rings is 2. The first-order valence-corrected chi connectivity index (χ1v) is 10.4. The standard InChI is InChI=1S/C26H21N3O3/c1-17-4-2-6-19(14-17)25-20-15-23(26(30)31)29(22(20)9-11-28-25)12-13-32-24-7-3-5-18-8-10-27-16-21(18)24/h2-11,14-16H,12-13H2,1H3,(H,30,31). The van der Waals surface area contributed by atoms with Gasteiger partial charge in [0.1, 0.15) is 18.1 Å². The van der Waals surface area contributed by atoms with E-state index >= 15 is 0 Å². The summed E-state index contributed by atoms with van der Waals surface area (Å²) in [6.45, 7) is 2.73. The van der Waals surface area contributed by atoms with E-state index in [0.29, 0.717) is 13.2 Å². The molecule has 0 amide bonds. The number of aromatic nitrogens is 3. The van der Waals surface area contributed by atoms with Gasteiger partial charge in [-0.3, -0.25) is 9.97 Å². The Morgan fingerprint density at radius 3 is 2.75 bits per heavy atom. The van der Waals surface area contributed by atoms with Crippen LogP contribution < -0.4 is 4.74 Å². The molecule has 0 atom stereocenters. The van der Waals surface area contributed by atoms with Crippen molar-refractivity contribution in [3.8, 4) is 17.0 Å². The number of ether oxygens (including phenoxy) is 1. The SMILES string of the molecule is Cc1cccc(-c2nccc3c2cc(C(=O)O)n3CCOc2cccc3ccncc23)c1. The maximum absolute atomic E-state index is 12.0. The van der Waals surface area contributed by atoms with Crippen LogP contribution >= 0.6 is 0 Å². The van der Waals surface area contributed by atoms with Gasteiger partial charge in [0, 0.05) is 34.9 Å². The number of hydrogen-bond donors (Lipinski definition) is 1. The Balaban J connectivity index is 1.50. The van der Waals surface area contributed by atoms with Gasteiger partial charge in [-0.25, -0.2) is 4.79 Å². The van der Waals surface area contributed by atoms with Crippen molar-refractivity contribution < 1.29 is 14.6 Å². The molecule has 0 radical (unpaired) electrons. The fraction of sp³-hybridized carbons (Fsp3) is 0.115. The Morgan fingerprint density at radius 2 is 1.91 bits per heavy atom. The number of carboxylic acid groups (broad SMARTS) is 1. The summed E-state index contributed by atoms with van der Waals surface area (Å²) in [5.74, 6) is -0.253. The van der Waals surface area contributed by atoms with Crippen molar-refractivity contribution in [2.45, 2.75) is 13.5 Å². The van der Waals surface area contributed by atoms with Gasteiger partial charge >= 0.3 is 5.97 Å². The number of carboxylic acids is 1. The number of carbonyl (C=O) groups is 1. The number of hydrogen-bond acceptors (Lipinski definition) is 4. The molecule has 158 valence electrons. The van der Waals surface area contributed by atoms with Crippen LogP contribution in [0.1, 0.15) is 16.1 Å². The van der Waals surface area contributed by atoms with Gasteiger partial charge in [0.15, 0.2) is 0 Å². The second kappa shape index (κ2) is 8.15. The largest absolute Gasteiger partial charge is 0.491 e. The monoisotopic (exact) mass is 423 g/mol. The van der Waals surface area contributed by atoms with Crippen molar-refractivity contribution in [3.05, 3.63) is 90.5 Å². The summed E-state index contributed by atoms with van der Waals surface area (Å²) in [5, 5.41) is 12.6. The Hall–Kier alpha value is -4.19. The van der Waals surface area contributed by atoms with Crippen molar-refractivity contribution in [2.24, 2.45) is 0 Å². The maximum Gasteiger partial charge on any atom is 0.352 e. The fourth-order valence-electron chi connectivity index (χ4n) is 4.08. The molecule has 0 spiro atoms. The molecule has 0 unspecified atom stereocenters. The summed E-state index contributed by atoms with van der Waals surface area (Å²) in [6, 6.07) is 19.4. The van der Waals surface area contributed by atoms with Gasteiger partial charge in [0.25, 0.3) is 0 Å². The Morgan fingerprint density at radius 1 is 1.03 bits per heavy atom. The van der Waals surface area contributed by atoms with Crippen LogP contribution in [0.25, 0.3) is 32.9 Å². The smallest absolute Gasteiger partial charge is 0.352 e. The fourth-order valence-corrected chi connectivity index (χ4v) is 4.08. The Kier molecular flexibility index (Phi) is 5.03. The highest BCUT2D eigenvalue weighted by atomic mass is 16.5. The molecule has 3 aromatic heterocycles. The van der Waals surface area contributed by atoms with Gasteiger partial charge in [-0.2, -0.15) is 0 Å². The van der Waals surface area contributed by atoms with Gasteiger partial charge in [-0.05, 0) is 42.6 Å². The van der Waals surface area contributed by atoms with E-state index in [1.54, 1.807) is 29.2 Å². The summed E-state index contributed by atoms with van der Waals surface area (Å²) in [6.07, 6.45) is 5.24. The molecule has 3 heterocycles. The minimum Gasteiger partial charge on any atom is -0.491 e. The predicted octanol–water partition coefficient (Wildman–Crippen LogP) is 5.34. The molecule has 1 N–H and O–H groups in total. The van der Waals surface area contributed by atoms with Crippen LogP contribution in [0.15, 0.2) is 79.3 Å². The molecule has 32 heavy (non-hydrogen) atoms. The van der Waals surface area contributed by atoms with Gasteiger partial charge in [0.05, 0.1) is 17.8 Å². The number of rotatable bonds is 6. The van der Waals surface area contributed by atoms with Gasteiger partial charge in [0.2, 0.25) is 0 Å². The lowest BCUT2D eigenvalue weighted by Crippen LogP contribution is -2.13. The minimum absolute atomic E-state index is 0.213. The summed E-state index contributed by atoms with van der Waals surface area (Å²) in [7, 11) is 0. The van der Waals surface area contributed by atoms with Crippen LogP contribution in [-0.4, -0.2) is 32.2 Å². The topological polar surface area (TPSA) is 77.2 Å². The molecule has 0 saturated heterocycles. The molecule has 0 aliphatic rings. The van der Waals surface area contributed by atoms with E-state index in [4.69, 9.17) is 4.74 Å². The van der Waals surface area contributed by atoms with Crippen molar-refractivity contribution in [1.29, 1.82) is 0 Å². The normalized spacial score (nSPS) is 11.2. The molecule has 0 aliphatic heterocycles. The Labute approximate surface area is 184 Å². The lowest BCUT2D eigenvalue weighted by molar-refractivity contribution is 0.0684. The van der Waals surface area contributed by atoms with Gasteiger partial charge in [-0.1, -0.05) is 35.9 Å². The molecule has 0 aliphatic carbocycles. The quantitative estimate of drug-likeness (QED) is 0.399. The van der Waals surface area contributed by atoms with Crippen molar-refractivity contribution >= 4 is 27.6 Å².